The average Bonchev–Trinajstić information content (AvgIpc) is 1.68. The second-order valence-electron chi connectivity index (χ2n) is 25.2. The molecule has 0 radical (unpaired) electrons. The molecule has 9 atom stereocenters. The molecule has 23 nitrogen and oxygen atoms in total. The Kier molecular flexibility index (Phi) is 17.5. The summed E-state index contributed by atoms with van der Waals surface area (Å²) in [6.45, 7) is 14.5. The number of carbonyl (C=O) groups is 3. The molecule has 3 fully saturated rings. The number of anilines is 3. The fourth-order valence-corrected chi connectivity index (χ4v) is 13.7. The molecule has 5 aliphatic rings. The highest BCUT2D eigenvalue weighted by molar-refractivity contribution is 6.17. The lowest BCUT2D eigenvalue weighted by Crippen LogP contribution is -2.50. The number of ether oxygens (including phenoxy) is 5. The number of amides is 1. The van der Waals surface area contributed by atoms with E-state index in [1.54, 1.807) is 50.5 Å². The Morgan fingerprint density at radius 1 is 0.846 bits per heavy atom. The maximum atomic E-state index is 16.2. The van der Waals surface area contributed by atoms with Crippen molar-refractivity contribution in [2.24, 2.45) is 23.7 Å². The first-order valence-corrected chi connectivity index (χ1v) is 30.8. The van der Waals surface area contributed by atoms with Gasteiger partial charge in [-0.3, -0.25) is 24.0 Å². The van der Waals surface area contributed by atoms with Gasteiger partial charge in [0.05, 0.1) is 53.2 Å². The van der Waals surface area contributed by atoms with E-state index in [0.29, 0.717) is 63.1 Å². The molecular formula is C67H77FN6O17. The fourth-order valence-electron chi connectivity index (χ4n) is 13.7. The van der Waals surface area contributed by atoms with Gasteiger partial charge in [-0.05, 0) is 64.5 Å². The Morgan fingerprint density at radius 2 is 1.52 bits per heavy atom. The predicted octanol–water partition coefficient (Wildman–Crippen LogP) is 7.28. The first-order chi connectivity index (χ1) is 43.3. The van der Waals surface area contributed by atoms with Crippen LogP contribution in [0.25, 0.3) is 49.6 Å². The van der Waals surface area contributed by atoms with Crippen LogP contribution in [0.15, 0.2) is 79.3 Å². The molecule has 1 saturated carbocycles. The Labute approximate surface area is 522 Å². The highest BCUT2D eigenvalue weighted by Gasteiger charge is 2.45. The van der Waals surface area contributed by atoms with E-state index in [9.17, 15) is 49.5 Å². The van der Waals surface area contributed by atoms with Crippen molar-refractivity contribution in [2.75, 3.05) is 55.5 Å². The summed E-state index contributed by atoms with van der Waals surface area (Å²) in [5.74, 6) is -9.17. The van der Waals surface area contributed by atoms with Gasteiger partial charge in [-0.1, -0.05) is 45.9 Å². The summed E-state index contributed by atoms with van der Waals surface area (Å²) < 4.78 is 54.5. The maximum absolute atomic E-state index is 16.2. The summed E-state index contributed by atoms with van der Waals surface area (Å²) in [6.07, 6.45) is 8.95. The number of phenols is 1. The highest BCUT2D eigenvalue weighted by Crippen LogP contribution is 2.46. The van der Waals surface area contributed by atoms with Crippen LogP contribution in [0.4, 0.5) is 21.5 Å². The number of aromatic carboxylic acids is 1. The Bertz CT molecular complexity index is 4300. The van der Waals surface area contributed by atoms with E-state index in [2.05, 4.69) is 10.6 Å². The molecule has 6 heterocycles. The molecule has 11 rings (SSSR count). The summed E-state index contributed by atoms with van der Waals surface area (Å²) in [6, 6.07) is 4.35. The molecule has 1 amide bonds. The van der Waals surface area contributed by atoms with Crippen molar-refractivity contribution in [1.82, 2.24) is 14.9 Å². The predicted molar refractivity (Wildman–Crippen MR) is 339 cm³/mol. The number of halogens is 1. The van der Waals surface area contributed by atoms with Gasteiger partial charge < -0.3 is 78.6 Å². The number of nitrogens with zero attached hydrogens (tertiary/aromatic N) is 4. The summed E-state index contributed by atoms with van der Waals surface area (Å²) in [5, 5.41) is 63.2. The van der Waals surface area contributed by atoms with Gasteiger partial charge in [0, 0.05) is 129 Å². The number of aliphatic hydroxyl groups excluding tert-OH is 3. The molecule has 6 aromatic rings. The van der Waals surface area contributed by atoms with E-state index in [-0.39, 0.29) is 90.0 Å². The molecule has 4 aromatic carbocycles. The van der Waals surface area contributed by atoms with Crippen LogP contribution < -0.4 is 51.4 Å². The standard InChI is InChI=1S/C67H77FN6O17/c1-30-12-11-13-31(2)65(83)71-52-59(81)48-47(49-61(35(6)57(48)79)91-67(8,64(49)82)88-25-20-45(86-9)32(3)60(89-36(7)75)34(5)56(78)33(4)55(30)77)51-62(52)90-46-27-40(26-44(76)50(46)70-51)72-21-16-37(17-22-72)69-38-18-23-73(24-19-38)54-43(68)28-41-53(63(54)87-10)74(39-14-15-39)29-42(58(41)80)66(84)85/h11-13,20,25-30,32-34,37-39,45,55-56,60,69,77-79,82H,14-19,21-24H2,1-10H3,(H,71,83)(H,84,85)/t30-,32+,33+,34+,45-,55-,56+,60+,67-/m0/s1. The third-order valence-corrected chi connectivity index (χ3v) is 19.1. The number of phenolic OH excluding ortho intramolecular Hbond substituents is 1. The number of benzene rings is 4. The monoisotopic (exact) mass is 1260 g/mol. The quantitative estimate of drug-likeness (QED) is 0.0425. The third kappa shape index (κ3) is 11.6. The van der Waals surface area contributed by atoms with Crippen LogP contribution in [0, 0.1) is 36.4 Å². The van der Waals surface area contributed by atoms with E-state index in [0.717, 1.165) is 18.9 Å². The summed E-state index contributed by atoms with van der Waals surface area (Å²) in [5.41, 5.74) is -2.52. The molecule has 1 aliphatic carbocycles. The lowest BCUT2D eigenvalue weighted by atomic mass is 9.78. The molecule has 4 aliphatic heterocycles. The van der Waals surface area contributed by atoms with Gasteiger partial charge in [0.2, 0.25) is 16.3 Å². The smallest absolute Gasteiger partial charge is 0.341 e. The summed E-state index contributed by atoms with van der Waals surface area (Å²) in [4.78, 5) is 90.5. The number of methoxy groups -OCH3 is 2. The Morgan fingerprint density at radius 3 is 2.14 bits per heavy atom. The molecule has 0 spiro atoms. The zero-order valence-electron chi connectivity index (χ0n) is 52.4. The number of carboxylic acids is 1. The minimum absolute atomic E-state index is 0.0197. The van der Waals surface area contributed by atoms with E-state index in [4.69, 9.17) is 33.1 Å². The third-order valence-electron chi connectivity index (χ3n) is 19.1. The van der Waals surface area contributed by atoms with Crippen LogP contribution in [0.2, 0.25) is 0 Å². The number of carbonyl (C=O) groups excluding carboxylic acids is 2. The molecule has 484 valence electrons. The normalized spacial score (nSPS) is 25.7. The molecule has 7 N–H and O–H groups in total. The maximum Gasteiger partial charge on any atom is 0.341 e. The number of allylic oxidation sites excluding steroid dienone is 2. The van der Waals surface area contributed by atoms with Crippen LogP contribution >= 0.6 is 0 Å². The van der Waals surface area contributed by atoms with Gasteiger partial charge in [0.15, 0.2) is 34.0 Å². The van der Waals surface area contributed by atoms with Crippen molar-refractivity contribution >= 4 is 84.5 Å². The zero-order valence-corrected chi connectivity index (χ0v) is 52.4. The highest BCUT2D eigenvalue weighted by atomic mass is 19.1. The minimum atomic E-state index is -2.04. The number of aromatic hydroxyl groups is 1. The first kappa shape index (κ1) is 64.0. The van der Waals surface area contributed by atoms with E-state index >= 15 is 9.18 Å². The molecule has 5 bridgehead atoms. The van der Waals surface area contributed by atoms with Crippen molar-refractivity contribution in [3.63, 3.8) is 0 Å². The van der Waals surface area contributed by atoms with Crippen molar-refractivity contribution in [2.45, 2.75) is 142 Å². The van der Waals surface area contributed by atoms with Crippen molar-refractivity contribution in [3.8, 4) is 17.2 Å². The van der Waals surface area contributed by atoms with E-state index in [1.165, 1.54) is 72.6 Å². The average molecular weight is 1260 g/mol. The van der Waals surface area contributed by atoms with Gasteiger partial charge >= 0.3 is 17.7 Å². The van der Waals surface area contributed by atoms with Gasteiger partial charge in [0.1, 0.15) is 40.1 Å². The van der Waals surface area contributed by atoms with Crippen LogP contribution in [-0.4, -0.2) is 136 Å². The van der Waals surface area contributed by atoms with Crippen molar-refractivity contribution < 1.29 is 72.4 Å². The Hall–Kier alpha value is -8.58. The topological polar surface area (TPSA) is 311 Å². The lowest BCUT2D eigenvalue weighted by molar-refractivity contribution is -0.160. The molecule has 2 saturated heterocycles. The van der Waals surface area contributed by atoms with Gasteiger partial charge in [-0.15, -0.1) is 0 Å². The molecule has 91 heavy (non-hydrogen) atoms. The van der Waals surface area contributed by atoms with E-state index in [1.807, 2.05) is 9.80 Å². The van der Waals surface area contributed by atoms with Crippen molar-refractivity contribution in [1.29, 1.82) is 0 Å². The number of nitrogens with one attached hydrogen (secondary N) is 2. The lowest BCUT2D eigenvalue weighted by Gasteiger charge is -2.39. The second-order valence-corrected chi connectivity index (χ2v) is 25.2. The minimum Gasteiger partial charge on any atom is -0.507 e. The number of pyridine rings is 1. The number of aromatic nitrogens is 2. The number of hydrogen-bond acceptors (Lipinski definition) is 20. The number of hydrogen-bond donors (Lipinski definition) is 7. The molecule has 2 aromatic heterocycles. The number of fused-ring (bicyclic) bond motifs is 6. The van der Waals surface area contributed by atoms with Crippen LogP contribution in [0.5, 0.6) is 17.2 Å². The van der Waals surface area contributed by atoms with Gasteiger partial charge in [-0.25, -0.2) is 14.2 Å². The van der Waals surface area contributed by atoms with Crippen molar-refractivity contribution in [3.05, 3.63) is 113 Å². The molecular weight excluding hydrogens is 1180 g/mol. The van der Waals surface area contributed by atoms with Crippen LogP contribution in [0.1, 0.15) is 109 Å². The number of esters is 1. The van der Waals surface area contributed by atoms with Gasteiger partial charge in [-0.2, -0.15) is 0 Å². The number of aliphatic hydroxyl groups is 3. The van der Waals surface area contributed by atoms with Gasteiger partial charge in [0.25, 0.3) is 5.91 Å². The zero-order chi connectivity index (χ0) is 65.4. The summed E-state index contributed by atoms with van der Waals surface area (Å²) >= 11 is 0. The molecule has 24 heteroatoms. The molecule has 0 unspecified atom stereocenters. The number of rotatable bonds is 9. The SMILES string of the molecule is COc1c(N2CCC(NC3CCN(c4cc(=O)c5nc6c(oc5c4)c4c(=O)c5c(O)c(C)c7c(c56)=C(O)[C@@](C)(OC=C[C@H](OC)[C@@H](C)[C@@H](OC(C)=O)[C@H](C)[C@H](O)[C@H](C)[C@@H](O)[C@@H](C)C=CC=C(C)C(=O)N4)O7)CC3)CC2)c(F)cc2c(=O)c(C(=O)O)cn(C3CC3)c12. The van der Waals surface area contributed by atoms with E-state index < -0.39 is 117 Å². The summed E-state index contributed by atoms with van der Waals surface area (Å²) in [7, 11) is 2.85. The van der Waals surface area contributed by atoms with Crippen LogP contribution in [0.3, 0.4) is 0 Å². The number of piperidine rings is 2. The first-order valence-electron chi connectivity index (χ1n) is 30.8. The Balaban J connectivity index is 0.907. The number of carboxylic acid groups (broad SMARTS) is 1. The fraction of sp³-hybridized carbons (Fsp3) is 0.478. The van der Waals surface area contributed by atoms with Crippen LogP contribution in [-0.2, 0) is 23.8 Å². The largest absolute Gasteiger partial charge is 0.507 e. The second kappa shape index (κ2) is 24.9.